The summed E-state index contributed by atoms with van der Waals surface area (Å²) in [7, 11) is -4.41. The van der Waals surface area contributed by atoms with Crippen molar-refractivity contribution in [3.8, 4) is 0 Å². The first-order valence-corrected chi connectivity index (χ1v) is 22.3. The van der Waals surface area contributed by atoms with Gasteiger partial charge in [0.2, 0.25) is 5.91 Å². The molecule has 0 rings (SSSR count). The maximum Gasteiger partial charge on any atom is 0.472 e. The zero-order valence-corrected chi connectivity index (χ0v) is 33.7. The van der Waals surface area contributed by atoms with Gasteiger partial charge < -0.3 is 20.1 Å². The number of aliphatic hydroxyl groups is 1. The lowest BCUT2D eigenvalue weighted by Gasteiger charge is -2.15. The normalized spacial score (nSPS) is 13.6. The standard InChI is InChI=1S/C41H78NO8P/c1-3-5-7-9-11-13-15-17-19-20-22-24-26-28-30-32-34-41(45)48-37-39(43)38-50-51(46,47)49-36-35-42-40(44)33-31-29-27-25-23-21-18-16-14-12-10-8-6-4-2/h10,12,16,18,39,43H,3-9,11,13-15,17,19-38H2,1-2H3,(H,42,44)(H,46,47)/b12-10-,18-16-. The van der Waals surface area contributed by atoms with Crippen molar-refractivity contribution >= 4 is 19.7 Å². The molecule has 3 N–H and O–H groups in total. The Labute approximate surface area is 312 Å². The van der Waals surface area contributed by atoms with Crippen LogP contribution in [0.2, 0.25) is 0 Å². The SMILES string of the molecule is CCCC/C=C\C/C=C\CCCCCCCC(=O)NCCOP(=O)(O)OCC(O)COC(=O)CCCCCCCCCCCCCCCCCC. The number of hydrogen-bond donors (Lipinski definition) is 3. The van der Waals surface area contributed by atoms with E-state index in [2.05, 4.69) is 43.5 Å². The minimum absolute atomic E-state index is 0.0758. The van der Waals surface area contributed by atoms with E-state index in [-0.39, 0.29) is 32.1 Å². The van der Waals surface area contributed by atoms with Gasteiger partial charge in [0.25, 0.3) is 0 Å². The number of unbranched alkanes of at least 4 members (excludes halogenated alkanes) is 22. The maximum atomic E-state index is 12.1. The van der Waals surface area contributed by atoms with Crippen LogP contribution < -0.4 is 5.32 Å². The number of rotatable bonds is 39. The van der Waals surface area contributed by atoms with E-state index in [1.807, 2.05) is 0 Å². The molecule has 51 heavy (non-hydrogen) atoms. The van der Waals surface area contributed by atoms with E-state index in [4.69, 9.17) is 13.8 Å². The third kappa shape index (κ3) is 39.5. The first kappa shape index (κ1) is 49.5. The number of phosphoric acid groups is 1. The second-order valence-electron chi connectivity index (χ2n) is 14.0. The van der Waals surface area contributed by atoms with Crippen molar-refractivity contribution in [3.63, 3.8) is 0 Å². The van der Waals surface area contributed by atoms with Gasteiger partial charge in [-0.1, -0.05) is 167 Å². The number of nitrogens with one attached hydrogen (secondary N) is 1. The van der Waals surface area contributed by atoms with Crippen molar-refractivity contribution in [3.05, 3.63) is 24.3 Å². The Balaban J connectivity index is 3.60. The van der Waals surface area contributed by atoms with Crippen molar-refractivity contribution in [1.82, 2.24) is 5.32 Å². The lowest BCUT2D eigenvalue weighted by atomic mass is 10.0. The van der Waals surface area contributed by atoms with E-state index < -0.39 is 26.5 Å². The average Bonchev–Trinajstić information content (AvgIpc) is 3.11. The molecule has 0 saturated heterocycles. The van der Waals surface area contributed by atoms with Crippen molar-refractivity contribution in [2.75, 3.05) is 26.4 Å². The fraction of sp³-hybridized carbons (Fsp3) is 0.854. The Morgan fingerprint density at radius 2 is 1.08 bits per heavy atom. The highest BCUT2D eigenvalue weighted by molar-refractivity contribution is 7.47. The van der Waals surface area contributed by atoms with Crippen molar-refractivity contribution in [2.24, 2.45) is 0 Å². The fourth-order valence-electron chi connectivity index (χ4n) is 5.69. The van der Waals surface area contributed by atoms with Gasteiger partial charge >= 0.3 is 13.8 Å². The van der Waals surface area contributed by atoms with Gasteiger partial charge in [-0.25, -0.2) is 4.57 Å². The van der Waals surface area contributed by atoms with Crippen molar-refractivity contribution in [1.29, 1.82) is 0 Å². The molecule has 0 aliphatic rings. The summed E-state index contributed by atoms with van der Waals surface area (Å²) in [6.07, 6.45) is 39.6. The first-order valence-electron chi connectivity index (χ1n) is 20.8. The molecular weight excluding hydrogens is 665 g/mol. The van der Waals surface area contributed by atoms with Crippen LogP contribution in [0.5, 0.6) is 0 Å². The van der Waals surface area contributed by atoms with Gasteiger partial charge in [0, 0.05) is 19.4 Å². The molecule has 0 fully saturated rings. The molecule has 0 aromatic carbocycles. The molecule has 10 heteroatoms. The molecule has 0 aromatic rings. The Hall–Kier alpha value is -1.51. The van der Waals surface area contributed by atoms with Crippen molar-refractivity contribution in [2.45, 2.75) is 200 Å². The van der Waals surface area contributed by atoms with Gasteiger partial charge in [0.1, 0.15) is 12.7 Å². The second-order valence-corrected chi connectivity index (χ2v) is 15.4. The van der Waals surface area contributed by atoms with Gasteiger partial charge in [-0.3, -0.25) is 18.6 Å². The Bertz CT molecular complexity index is 897. The van der Waals surface area contributed by atoms with E-state index in [1.54, 1.807) is 0 Å². The summed E-state index contributed by atoms with van der Waals surface area (Å²) >= 11 is 0. The quantitative estimate of drug-likeness (QED) is 0.0245. The second kappa shape index (κ2) is 38.2. The number of amides is 1. The van der Waals surface area contributed by atoms with Crippen LogP contribution in [0.3, 0.4) is 0 Å². The van der Waals surface area contributed by atoms with Gasteiger partial charge in [0.05, 0.1) is 13.2 Å². The van der Waals surface area contributed by atoms with Gasteiger partial charge in [-0.05, 0) is 38.5 Å². The molecule has 0 heterocycles. The third-order valence-electron chi connectivity index (χ3n) is 8.88. The molecule has 0 aromatic heterocycles. The van der Waals surface area contributed by atoms with Crippen LogP contribution in [0.1, 0.15) is 194 Å². The molecular formula is C41H78NO8P. The highest BCUT2D eigenvalue weighted by Gasteiger charge is 2.23. The summed E-state index contributed by atoms with van der Waals surface area (Å²) in [5, 5.41) is 12.7. The van der Waals surface area contributed by atoms with Crippen LogP contribution in [0, 0.1) is 0 Å². The largest absolute Gasteiger partial charge is 0.472 e. The number of phosphoric ester groups is 1. The minimum Gasteiger partial charge on any atom is -0.463 e. The van der Waals surface area contributed by atoms with Crippen LogP contribution >= 0.6 is 7.82 Å². The molecule has 0 bridgehead atoms. The number of esters is 1. The average molecular weight is 744 g/mol. The van der Waals surface area contributed by atoms with E-state index in [0.29, 0.717) is 6.42 Å². The zero-order chi connectivity index (χ0) is 37.5. The topological polar surface area (TPSA) is 131 Å². The van der Waals surface area contributed by atoms with Crippen LogP contribution in [0.15, 0.2) is 24.3 Å². The third-order valence-corrected chi connectivity index (χ3v) is 9.87. The first-order chi connectivity index (χ1) is 24.8. The number of hydrogen-bond acceptors (Lipinski definition) is 7. The van der Waals surface area contributed by atoms with Crippen molar-refractivity contribution < 1.29 is 37.9 Å². The summed E-state index contributed by atoms with van der Waals surface area (Å²) in [5.41, 5.74) is 0. The molecule has 2 unspecified atom stereocenters. The fourth-order valence-corrected chi connectivity index (χ4v) is 6.45. The van der Waals surface area contributed by atoms with Crippen LogP contribution in [0.4, 0.5) is 0 Å². The minimum atomic E-state index is -4.41. The molecule has 2 atom stereocenters. The van der Waals surface area contributed by atoms with Crippen LogP contribution in [-0.4, -0.2) is 54.3 Å². The van der Waals surface area contributed by atoms with Gasteiger partial charge in [-0.2, -0.15) is 0 Å². The predicted octanol–water partition coefficient (Wildman–Crippen LogP) is 11.2. The molecule has 0 saturated carbocycles. The zero-order valence-electron chi connectivity index (χ0n) is 32.8. The molecule has 300 valence electrons. The Morgan fingerprint density at radius 3 is 1.63 bits per heavy atom. The number of carbonyl (C=O) groups excluding carboxylic acids is 2. The Kier molecular flexibility index (Phi) is 37.1. The van der Waals surface area contributed by atoms with E-state index in [0.717, 1.165) is 64.2 Å². The summed E-state index contributed by atoms with van der Waals surface area (Å²) in [4.78, 5) is 33.8. The highest BCUT2D eigenvalue weighted by Crippen LogP contribution is 2.42. The smallest absolute Gasteiger partial charge is 0.463 e. The number of ether oxygens (including phenoxy) is 1. The summed E-state index contributed by atoms with van der Waals surface area (Å²) in [6.45, 7) is 3.51. The van der Waals surface area contributed by atoms with E-state index >= 15 is 0 Å². The van der Waals surface area contributed by atoms with Gasteiger partial charge in [-0.15, -0.1) is 0 Å². The molecule has 9 nitrogen and oxygen atoms in total. The molecule has 0 radical (unpaired) electrons. The monoisotopic (exact) mass is 744 g/mol. The van der Waals surface area contributed by atoms with Gasteiger partial charge in [0.15, 0.2) is 0 Å². The number of carbonyl (C=O) groups is 2. The predicted molar refractivity (Wildman–Crippen MR) is 211 cm³/mol. The van der Waals surface area contributed by atoms with E-state index in [1.165, 1.54) is 103 Å². The summed E-state index contributed by atoms with van der Waals surface area (Å²) < 4.78 is 26.8. The molecule has 0 aliphatic heterocycles. The Morgan fingerprint density at radius 1 is 0.608 bits per heavy atom. The number of allylic oxidation sites excluding steroid dienone is 4. The van der Waals surface area contributed by atoms with E-state index in [9.17, 15) is 24.2 Å². The highest BCUT2D eigenvalue weighted by atomic mass is 31.2. The maximum absolute atomic E-state index is 12.1. The van der Waals surface area contributed by atoms with Crippen LogP contribution in [-0.2, 0) is 27.9 Å². The molecule has 0 spiro atoms. The van der Waals surface area contributed by atoms with Crippen LogP contribution in [0.25, 0.3) is 0 Å². The molecule has 0 aliphatic carbocycles. The summed E-state index contributed by atoms with van der Waals surface area (Å²) in [5.74, 6) is -0.526. The molecule has 1 amide bonds. The number of aliphatic hydroxyl groups excluding tert-OH is 1. The lowest BCUT2D eigenvalue weighted by Crippen LogP contribution is -2.27. The summed E-state index contributed by atoms with van der Waals surface area (Å²) in [6, 6.07) is 0. The lowest BCUT2D eigenvalue weighted by molar-refractivity contribution is -0.147.